The number of rotatable bonds is 3. The summed E-state index contributed by atoms with van der Waals surface area (Å²) in [7, 11) is 0. The summed E-state index contributed by atoms with van der Waals surface area (Å²) in [6.45, 7) is 5.00. The summed E-state index contributed by atoms with van der Waals surface area (Å²) in [6, 6.07) is 9.66. The van der Waals surface area contributed by atoms with Crippen molar-refractivity contribution in [2.75, 3.05) is 32.7 Å². The van der Waals surface area contributed by atoms with Crippen LogP contribution in [0.25, 0.3) is 0 Å². The zero-order valence-corrected chi connectivity index (χ0v) is 13.0. The Bertz CT molecular complexity index is 560. The number of piperazine rings is 1. The number of nitrogens with zero attached hydrogens (tertiary/aromatic N) is 2. The molecule has 3 aliphatic rings. The van der Waals surface area contributed by atoms with Gasteiger partial charge in [-0.2, -0.15) is 0 Å². The quantitative estimate of drug-likeness (QED) is 0.801. The van der Waals surface area contributed by atoms with E-state index in [1.165, 1.54) is 19.4 Å². The van der Waals surface area contributed by atoms with Crippen LogP contribution in [0.2, 0.25) is 0 Å². The highest BCUT2D eigenvalue weighted by atomic mass is 16.2. The van der Waals surface area contributed by atoms with Gasteiger partial charge in [0.2, 0.25) is 0 Å². The minimum atomic E-state index is 0.183. The lowest BCUT2D eigenvalue weighted by Crippen LogP contribution is -2.50. The van der Waals surface area contributed by atoms with Gasteiger partial charge in [0.1, 0.15) is 0 Å². The van der Waals surface area contributed by atoms with Crippen LogP contribution in [-0.4, -0.2) is 48.4 Å². The summed E-state index contributed by atoms with van der Waals surface area (Å²) in [6.07, 6.45) is 7.62. The predicted octanol–water partition coefficient (Wildman–Crippen LogP) is 2.66. The number of benzene rings is 1. The number of hydrogen-bond acceptors (Lipinski definition) is 2. The molecular weight excluding hydrogens is 272 g/mol. The van der Waals surface area contributed by atoms with E-state index >= 15 is 0 Å². The van der Waals surface area contributed by atoms with E-state index in [0.717, 1.165) is 49.5 Å². The van der Waals surface area contributed by atoms with Gasteiger partial charge in [-0.15, -0.1) is 0 Å². The average molecular weight is 296 g/mol. The molecule has 2 bridgehead atoms. The molecule has 2 aliphatic carbocycles. The van der Waals surface area contributed by atoms with Gasteiger partial charge in [-0.1, -0.05) is 30.4 Å². The van der Waals surface area contributed by atoms with E-state index in [0.29, 0.717) is 0 Å². The lowest BCUT2D eigenvalue weighted by atomic mass is 9.93. The largest absolute Gasteiger partial charge is 0.336 e. The van der Waals surface area contributed by atoms with Crippen LogP contribution in [0, 0.1) is 17.8 Å². The number of amides is 1. The summed E-state index contributed by atoms with van der Waals surface area (Å²) >= 11 is 0. The maximum absolute atomic E-state index is 12.5. The summed E-state index contributed by atoms with van der Waals surface area (Å²) in [4.78, 5) is 17.0. The van der Waals surface area contributed by atoms with Crippen molar-refractivity contribution in [2.45, 2.75) is 12.8 Å². The fraction of sp³-hybridized carbons (Fsp3) is 0.526. The lowest BCUT2D eigenvalue weighted by Gasteiger charge is -2.37. The smallest absolute Gasteiger partial charge is 0.253 e. The van der Waals surface area contributed by atoms with Gasteiger partial charge < -0.3 is 4.90 Å². The van der Waals surface area contributed by atoms with Gasteiger partial charge in [0.05, 0.1) is 0 Å². The Kier molecular flexibility index (Phi) is 3.75. The van der Waals surface area contributed by atoms with Crippen LogP contribution in [0.3, 0.4) is 0 Å². The van der Waals surface area contributed by atoms with Gasteiger partial charge in [-0.05, 0) is 42.7 Å². The van der Waals surface area contributed by atoms with Crippen LogP contribution in [0.4, 0.5) is 0 Å². The van der Waals surface area contributed by atoms with Crippen LogP contribution in [0.5, 0.6) is 0 Å². The molecule has 4 rings (SSSR count). The Balaban J connectivity index is 1.29. The Labute approximate surface area is 132 Å². The van der Waals surface area contributed by atoms with Crippen molar-refractivity contribution >= 4 is 5.91 Å². The number of carbonyl (C=O) groups is 1. The Morgan fingerprint density at radius 3 is 2.41 bits per heavy atom. The van der Waals surface area contributed by atoms with Gasteiger partial charge in [-0.3, -0.25) is 9.69 Å². The van der Waals surface area contributed by atoms with E-state index in [-0.39, 0.29) is 5.91 Å². The molecule has 1 saturated heterocycles. The standard InChI is InChI=1S/C19H24N2O/c22-19(16-4-2-1-3-5-16)21-10-8-20(9-11-21)14-18-13-15-6-7-17(18)12-15/h1-7,15,17-18H,8-14H2/t15-,17+,18-/m1/s1. The highest BCUT2D eigenvalue weighted by molar-refractivity contribution is 5.94. The topological polar surface area (TPSA) is 23.6 Å². The second-order valence-electron chi connectivity index (χ2n) is 7.00. The van der Waals surface area contributed by atoms with E-state index in [9.17, 15) is 4.79 Å². The fourth-order valence-electron chi connectivity index (χ4n) is 4.33. The number of carbonyl (C=O) groups excluding carboxylic acids is 1. The maximum Gasteiger partial charge on any atom is 0.253 e. The zero-order chi connectivity index (χ0) is 14.9. The van der Waals surface area contributed by atoms with E-state index in [1.807, 2.05) is 35.2 Å². The van der Waals surface area contributed by atoms with Crippen LogP contribution in [0.1, 0.15) is 23.2 Å². The molecule has 116 valence electrons. The van der Waals surface area contributed by atoms with Crippen molar-refractivity contribution in [1.82, 2.24) is 9.80 Å². The average Bonchev–Trinajstić information content (AvgIpc) is 3.19. The van der Waals surface area contributed by atoms with Gasteiger partial charge in [0, 0.05) is 38.3 Å². The van der Waals surface area contributed by atoms with Gasteiger partial charge in [-0.25, -0.2) is 0 Å². The van der Waals surface area contributed by atoms with Crippen molar-refractivity contribution < 1.29 is 4.79 Å². The molecule has 1 aromatic rings. The molecule has 0 radical (unpaired) electrons. The molecule has 0 aromatic heterocycles. The molecule has 2 fully saturated rings. The third-order valence-corrected chi connectivity index (χ3v) is 5.59. The molecule has 1 saturated carbocycles. The van der Waals surface area contributed by atoms with Gasteiger partial charge >= 0.3 is 0 Å². The van der Waals surface area contributed by atoms with Crippen molar-refractivity contribution in [3.63, 3.8) is 0 Å². The molecule has 1 amide bonds. The fourth-order valence-corrected chi connectivity index (χ4v) is 4.33. The first-order valence-corrected chi connectivity index (χ1v) is 8.54. The SMILES string of the molecule is O=C(c1ccccc1)N1CCN(C[C@H]2C[C@@H]3C=C[C@H]2C3)CC1. The minimum absolute atomic E-state index is 0.183. The molecule has 0 spiro atoms. The first-order chi connectivity index (χ1) is 10.8. The summed E-state index contributed by atoms with van der Waals surface area (Å²) < 4.78 is 0. The highest BCUT2D eigenvalue weighted by Gasteiger charge is 2.36. The predicted molar refractivity (Wildman–Crippen MR) is 87.6 cm³/mol. The summed E-state index contributed by atoms with van der Waals surface area (Å²) in [5, 5.41) is 0. The van der Waals surface area contributed by atoms with Crippen LogP contribution in [-0.2, 0) is 0 Å². The van der Waals surface area contributed by atoms with Crippen LogP contribution < -0.4 is 0 Å². The highest BCUT2D eigenvalue weighted by Crippen LogP contribution is 2.43. The molecule has 3 atom stereocenters. The van der Waals surface area contributed by atoms with Crippen molar-refractivity contribution in [2.24, 2.45) is 17.8 Å². The number of allylic oxidation sites excluding steroid dienone is 2. The van der Waals surface area contributed by atoms with E-state index in [1.54, 1.807) is 0 Å². The third-order valence-electron chi connectivity index (χ3n) is 5.59. The van der Waals surface area contributed by atoms with Crippen LogP contribution >= 0.6 is 0 Å². The monoisotopic (exact) mass is 296 g/mol. The summed E-state index contributed by atoms with van der Waals surface area (Å²) in [5.41, 5.74) is 0.814. The number of hydrogen-bond donors (Lipinski definition) is 0. The molecule has 1 aromatic carbocycles. The van der Waals surface area contributed by atoms with Gasteiger partial charge in [0.15, 0.2) is 0 Å². The molecular formula is C19H24N2O. The Morgan fingerprint density at radius 2 is 1.77 bits per heavy atom. The molecule has 1 heterocycles. The molecule has 22 heavy (non-hydrogen) atoms. The van der Waals surface area contributed by atoms with Gasteiger partial charge in [0.25, 0.3) is 5.91 Å². The van der Waals surface area contributed by atoms with Crippen LogP contribution in [0.15, 0.2) is 42.5 Å². The molecule has 0 unspecified atom stereocenters. The maximum atomic E-state index is 12.5. The second kappa shape index (κ2) is 5.88. The Hall–Kier alpha value is -1.61. The normalized spacial score (nSPS) is 30.9. The van der Waals surface area contributed by atoms with Crippen molar-refractivity contribution in [1.29, 1.82) is 0 Å². The first kappa shape index (κ1) is 14.0. The molecule has 0 N–H and O–H groups in total. The molecule has 1 aliphatic heterocycles. The first-order valence-electron chi connectivity index (χ1n) is 8.54. The molecule has 3 heteroatoms. The van der Waals surface area contributed by atoms with E-state index in [4.69, 9.17) is 0 Å². The van der Waals surface area contributed by atoms with E-state index in [2.05, 4.69) is 17.1 Å². The molecule has 3 nitrogen and oxygen atoms in total. The number of fused-ring (bicyclic) bond motifs is 2. The lowest BCUT2D eigenvalue weighted by molar-refractivity contribution is 0.0610. The van der Waals surface area contributed by atoms with Crippen molar-refractivity contribution in [3.05, 3.63) is 48.0 Å². The van der Waals surface area contributed by atoms with E-state index < -0.39 is 0 Å². The second-order valence-corrected chi connectivity index (χ2v) is 7.00. The van der Waals surface area contributed by atoms with Crippen molar-refractivity contribution in [3.8, 4) is 0 Å². The Morgan fingerprint density at radius 1 is 1.00 bits per heavy atom. The minimum Gasteiger partial charge on any atom is -0.336 e. The summed E-state index contributed by atoms with van der Waals surface area (Å²) in [5.74, 6) is 2.72. The zero-order valence-electron chi connectivity index (χ0n) is 13.0. The third kappa shape index (κ3) is 2.70.